The summed E-state index contributed by atoms with van der Waals surface area (Å²) in [4.78, 5) is 31.5. The van der Waals surface area contributed by atoms with Crippen LogP contribution in [-0.2, 0) is 4.79 Å². The van der Waals surface area contributed by atoms with Crippen LogP contribution in [-0.4, -0.2) is 45.8 Å². The van der Waals surface area contributed by atoms with Gasteiger partial charge in [0.15, 0.2) is 5.69 Å². The number of pyridine rings is 1. The Morgan fingerprint density at radius 3 is 2.95 bits per heavy atom. The third kappa shape index (κ3) is 2.22. The number of nitrogens with zero attached hydrogens (tertiary/aromatic N) is 2. The minimum absolute atomic E-state index is 0.0676. The molecule has 7 heteroatoms. The number of aromatic nitrogens is 2. The third-order valence-corrected chi connectivity index (χ3v) is 3.56. The van der Waals surface area contributed by atoms with E-state index in [1.165, 1.54) is 6.08 Å². The standard InChI is InChI=1S/C14H15N5O2/c1-2-11(20)19-6-8(7-19)18-10-5-17-13(14(15)21)12-9(10)3-4-16-12/h2-5,8,16,18H,1,6-7H2,(H2,15,21). The van der Waals surface area contributed by atoms with Crippen molar-refractivity contribution in [3.05, 3.63) is 36.8 Å². The molecule has 1 saturated heterocycles. The highest BCUT2D eigenvalue weighted by Gasteiger charge is 2.29. The Morgan fingerprint density at radius 2 is 2.29 bits per heavy atom. The zero-order valence-corrected chi connectivity index (χ0v) is 11.3. The predicted octanol–water partition coefficient (Wildman–Crippen LogP) is 0.470. The van der Waals surface area contributed by atoms with Crippen molar-refractivity contribution >= 4 is 28.4 Å². The normalized spacial score (nSPS) is 14.8. The van der Waals surface area contributed by atoms with Gasteiger partial charge in [0.1, 0.15) is 0 Å². The number of carbonyl (C=O) groups is 2. The van der Waals surface area contributed by atoms with Crippen molar-refractivity contribution in [1.29, 1.82) is 0 Å². The molecule has 1 aliphatic rings. The van der Waals surface area contributed by atoms with Gasteiger partial charge in [-0.3, -0.25) is 9.59 Å². The number of hydrogen-bond donors (Lipinski definition) is 3. The molecule has 0 unspecified atom stereocenters. The van der Waals surface area contributed by atoms with Crippen LogP contribution in [0.1, 0.15) is 10.5 Å². The number of anilines is 1. The van der Waals surface area contributed by atoms with E-state index >= 15 is 0 Å². The number of amides is 2. The van der Waals surface area contributed by atoms with Crippen LogP contribution in [0.15, 0.2) is 31.1 Å². The first kappa shape index (κ1) is 13.2. The van der Waals surface area contributed by atoms with Gasteiger partial charge in [0.05, 0.1) is 23.4 Å². The van der Waals surface area contributed by atoms with E-state index in [1.54, 1.807) is 17.3 Å². The maximum atomic E-state index is 11.4. The summed E-state index contributed by atoms with van der Waals surface area (Å²) >= 11 is 0. The van der Waals surface area contributed by atoms with Crippen molar-refractivity contribution in [2.45, 2.75) is 6.04 Å². The molecule has 108 valence electrons. The van der Waals surface area contributed by atoms with Gasteiger partial charge in [-0.25, -0.2) is 4.98 Å². The number of primary amides is 1. The van der Waals surface area contributed by atoms with Crippen LogP contribution < -0.4 is 11.1 Å². The molecule has 0 aromatic carbocycles. The predicted molar refractivity (Wildman–Crippen MR) is 78.8 cm³/mol. The second kappa shape index (κ2) is 4.93. The molecule has 7 nitrogen and oxygen atoms in total. The molecule has 1 fully saturated rings. The third-order valence-electron chi connectivity index (χ3n) is 3.56. The van der Waals surface area contributed by atoms with Crippen LogP contribution in [0.25, 0.3) is 10.9 Å². The molecular weight excluding hydrogens is 270 g/mol. The highest BCUT2D eigenvalue weighted by Crippen LogP contribution is 2.26. The molecule has 0 atom stereocenters. The van der Waals surface area contributed by atoms with Gasteiger partial charge in [-0.1, -0.05) is 6.58 Å². The van der Waals surface area contributed by atoms with Crippen LogP contribution >= 0.6 is 0 Å². The molecule has 0 radical (unpaired) electrons. The second-order valence-corrected chi connectivity index (χ2v) is 4.94. The SMILES string of the molecule is C=CC(=O)N1CC(Nc2cnc(C(N)=O)c3[nH]ccc23)C1. The largest absolute Gasteiger partial charge is 0.377 e. The van der Waals surface area contributed by atoms with Crippen molar-refractivity contribution in [3.8, 4) is 0 Å². The van der Waals surface area contributed by atoms with Gasteiger partial charge in [0.2, 0.25) is 5.91 Å². The Kier molecular flexibility index (Phi) is 3.09. The quantitative estimate of drug-likeness (QED) is 0.710. The Labute approximate surface area is 120 Å². The Bertz CT molecular complexity index is 730. The fourth-order valence-corrected chi connectivity index (χ4v) is 2.45. The van der Waals surface area contributed by atoms with Crippen LogP contribution in [0.4, 0.5) is 5.69 Å². The molecule has 3 heterocycles. The van der Waals surface area contributed by atoms with E-state index in [-0.39, 0.29) is 17.6 Å². The van der Waals surface area contributed by atoms with E-state index in [0.29, 0.717) is 18.6 Å². The minimum Gasteiger partial charge on any atom is -0.377 e. The minimum atomic E-state index is -0.569. The summed E-state index contributed by atoms with van der Waals surface area (Å²) in [6.45, 7) is 4.70. The molecule has 3 rings (SSSR count). The number of nitrogens with two attached hydrogens (primary N) is 1. The first-order chi connectivity index (χ1) is 10.1. The summed E-state index contributed by atoms with van der Waals surface area (Å²) in [6, 6.07) is 2.02. The number of nitrogens with one attached hydrogen (secondary N) is 2. The molecule has 2 aromatic heterocycles. The maximum Gasteiger partial charge on any atom is 0.269 e. The lowest BCUT2D eigenvalue weighted by Gasteiger charge is -2.39. The first-order valence-electron chi connectivity index (χ1n) is 6.54. The highest BCUT2D eigenvalue weighted by molar-refractivity contribution is 6.06. The smallest absolute Gasteiger partial charge is 0.269 e. The highest BCUT2D eigenvalue weighted by atomic mass is 16.2. The van der Waals surface area contributed by atoms with E-state index in [0.717, 1.165) is 11.1 Å². The number of hydrogen-bond acceptors (Lipinski definition) is 4. The number of carbonyl (C=O) groups excluding carboxylic acids is 2. The fraction of sp³-hybridized carbons (Fsp3) is 0.214. The van der Waals surface area contributed by atoms with Crippen LogP contribution in [0.3, 0.4) is 0 Å². The van der Waals surface area contributed by atoms with Gasteiger partial charge < -0.3 is 20.9 Å². The number of H-pyrrole nitrogens is 1. The Morgan fingerprint density at radius 1 is 1.52 bits per heavy atom. The number of likely N-dealkylation sites (tertiary alicyclic amines) is 1. The number of fused-ring (bicyclic) bond motifs is 1. The molecule has 0 spiro atoms. The number of aromatic amines is 1. The topological polar surface area (TPSA) is 104 Å². The Hall–Kier alpha value is -2.83. The molecule has 1 aliphatic heterocycles. The molecule has 2 aromatic rings. The Balaban J connectivity index is 1.79. The summed E-state index contributed by atoms with van der Waals surface area (Å²) in [7, 11) is 0. The molecule has 0 bridgehead atoms. The maximum absolute atomic E-state index is 11.4. The van der Waals surface area contributed by atoms with Crippen LogP contribution in [0, 0.1) is 0 Å². The van der Waals surface area contributed by atoms with Crippen molar-refractivity contribution in [1.82, 2.24) is 14.9 Å². The van der Waals surface area contributed by atoms with Gasteiger partial charge in [-0.05, 0) is 12.1 Å². The monoisotopic (exact) mass is 285 g/mol. The lowest BCUT2D eigenvalue weighted by Crippen LogP contribution is -2.56. The zero-order chi connectivity index (χ0) is 15.0. The molecular formula is C14H15N5O2. The van der Waals surface area contributed by atoms with Crippen molar-refractivity contribution in [2.75, 3.05) is 18.4 Å². The first-order valence-corrected chi connectivity index (χ1v) is 6.54. The van der Waals surface area contributed by atoms with Crippen LogP contribution in [0.2, 0.25) is 0 Å². The number of rotatable bonds is 4. The lowest BCUT2D eigenvalue weighted by atomic mass is 10.1. The van der Waals surface area contributed by atoms with E-state index < -0.39 is 5.91 Å². The van der Waals surface area contributed by atoms with Gasteiger partial charge in [0, 0.05) is 24.7 Å². The molecule has 0 aliphatic carbocycles. The van der Waals surface area contributed by atoms with E-state index in [4.69, 9.17) is 5.73 Å². The molecule has 0 saturated carbocycles. The zero-order valence-electron chi connectivity index (χ0n) is 11.3. The summed E-state index contributed by atoms with van der Waals surface area (Å²) in [5.41, 5.74) is 6.95. The van der Waals surface area contributed by atoms with Gasteiger partial charge in [0.25, 0.3) is 5.91 Å². The average molecular weight is 285 g/mol. The summed E-state index contributed by atoms with van der Waals surface area (Å²) in [5, 5.41) is 4.17. The average Bonchev–Trinajstić information content (AvgIpc) is 2.90. The van der Waals surface area contributed by atoms with Gasteiger partial charge in [-0.2, -0.15) is 0 Å². The van der Waals surface area contributed by atoms with E-state index in [2.05, 4.69) is 21.9 Å². The summed E-state index contributed by atoms with van der Waals surface area (Å²) in [5.74, 6) is -0.637. The summed E-state index contributed by atoms with van der Waals surface area (Å²) in [6.07, 6.45) is 4.64. The van der Waals surface area contributed by atoms with Crippen molar-refractivity contribution in [2.24, 2.45) is 5.73 Å². The van der Waals surface area contributed by atoms with E-state index in [1.807, 2.05) is 6.07 Å². The van der Waals surface area contributed by atoms with Crippen molar-refractivity contribution < 1.29 is 9.59 Å². The van der Waals surface area contributed by atoms with Gasteiger partial charge >= 0.3 is 0 Å². The fourth-order valence-electron chi connectivity index (χ4n) is 2.45. The van der Waals surface area contributed by atoms with E-state index in [9.17, 15) is 9.59 Å². The van der Waals surface area contributed by atoms with Crippen molar-refractivity contribution in [3.63, 3.8) is 0 Å². The second-order valence-electron chi connectivity index (χ2n) is 4.94. The molecule has 21 heavy (non-hydrogen) atoms. The van der Waals surface area contributed by atoms with Crippen LogP contribution in [0.5, 0.6) is 0 Å². The molecule has 4 N–H and O–H groups in total. The summed E-state index contributed by atoms with van der Waals surface area (Å²) < 4.78 is 0. The van der Waals surface area contributed by atoms with Gasteiger partial charge in [-0.15, -0.1) is 0 Å². The lowest BCUT2D eigenvalue weighted by molar-refractivity contribution is -0.129. The molecule has 2 amide bonds.